The van der Waals surface area contributed by atoms with Gasteiger partial charge < -0.3 is 4.74 Å². The monoisotopic (exact) mass is 435 g/mol. The van der Waals surface area contributed by atoms with Gasteiger partial charge in [0.1, 0.15) is 4.21 Å². The number of sulfonamides is 1. The summed E-state index contributed by atoms with van der Waals surface area (Å²) in [7, 11) is -2.34. The number of hydrogen-bond donors (Lipinski definition) is 2. The number of rotatable bonds is 8. The highest BCUT2D eigenvalue weighted by atomic mass is 32.2. The van der Waals surface area contributed by atoms with Crippen LogP contribution in [0.3, 0.4) is 0 Å². The van der Waals surface area contributed by atoms with Crippen LogP contribution in [0.25, 0.3) is 0 Å². The Morgan fingerprint density at radius 2 is 2.12 bits per heavy atom. The molecule has 2 amide bonds. The summed E-state index contributed by atoms with van der Waals surface area (Å²) in [6.45, 7) is 4.33. The fourth-order valence-electron chi connectivity index (χ4n) is 2.13. The highest BCUT2D eigenvalue weighted by molar-refractivity contribution is 8.00. The van der Waals surface area contributed by atoms with Gasteiger partial charge in [0.05, 0.1) is 16.5 Å². The molecule has 0 fully saturated rings. The summed E-state index contributed by atoms with van der Waals surface area (Å²) in [5.41, 5.74) is 1.75. The minimum atomic E-state index is -3.93. The summed E-state index contributed by atoms with van der Waals surface area (Å²) >= 11 is 4.01. The van der Waals surface area contributed by atoms with E-state index in [1.807, 2.05) is 24.8 Å². The number of amides is 2. The van der Waals surface area contributed by atoms with Gasteiger partial charge in [-0.05, 0) is 31.2 Å². The van der Waals surface area contributed by atoms with Gasteiger partial charge in [0, 0.05) is 18.4 Å². The molecule has 0 radical (unpaired) electrons. The number of urea groups is 1. The van der Waals surface area contributed by atoms with Crippen LogP contribution in [0.1, 0.15) is 23.1 Å². The molecule has 2 rings (SSSR count). The van der Waals surface area contributed by atoms with Gasteiger partial charge in [0.25, 0.3) is 10.0 Å². The molecule has 11 heteroatoms. The summed E-state index contributed by atoms with van der Waals surface area (Å²) in [6.07, 6.45) is 3.30. The summed E-state index contributed by atoms with van der Waals surface area (Å²) in [6, 6.07) is 0.744. The molecule has 0 atom stereocenters. The van der Waals surface area contributed by atoms with E-state index in [4.69, 9.17) is 4.74 Å². The third-order valence-electron chi connectivity index (χ3n) is 3.43. The molecule has 0 aromatic carbocycles. The van der Waals surface area contributed by atoms with Crippen molar-refractivity contribution in [3.8, 4) is 0 Å². The standard InChI is InChI=1S/C15H21N3O4S4/c1-5-10-13(23-4)25-15(16-10)17-14(19)18-26(20,21)12-8-9(2)11(24-12)6-7-22-3/h8H,5-7H2,1-4H3,(H2,16,17,18,19). The Morgan fingerprint density at radius 3 is 2.69 bits per heavy atom. The van der Waals surface area contributed by atoms with Crippen LogP contribution < -0.4 is 10.0 Å². The van der Waals surface area contributed by atoms with Gasteiger partial charge in [0.15, 0.2) is 5.13 Å². The van der Waals surface area contributed by atoms with Crippen molar-refractivity contribution in [1.29, 1.82) is 0 Å². The van der Waals surface area contributed by atoms with Crippen LogP contribution in [0.5, 0.6) is 0 Å². The molecule has 0 spiro atoms. The van der Waals surface area contributed by atoms with Crippen molar-refractivity contribution < 1.29 is 17.9 Å². The Kier molecular flexibility index (Phi) is 7.47. The van der Waals surface area contributed by atoms with Crippen molar-refractivity contribution in [3.05, 3.63) is 22.2 Å². The zero-order valence-corrected chi connectivity index (χ0v) is 18.2. The number of aryl methyl sites for hydroxylation is 2. The van der Waals surface area contributed by atoms with E-state index in [1.54, 1.807) is 24.9 Å². The second-order valence-electron chi connectivity index (χ2n) is 5.28. The van der Waals surface area contributed by atoms with Gasteiger partial charge >= 0.3 is 6.03 Å². The molecule has 2 N–H and O–H groups in total. The molecular weight excluding hydrogens is 414 g/mol. The number of thiophene rings is 1. The molecule has 0 aliphatic heterocycles. The Labute approximate surface area is 165 Å². The molecule has 144 valence electrons. The van der Waals surface area contributed by atoms with Crippen LogP contribution in [0.4, 0.5) is 9.93 Å². The van der Waals surface area contributed by atoms with Crippen LogP contribution in [-0.4, -0.2) is 39.4 Å². The molecule has 26 heavy (non-hydrogen) atoms. The van der Waals surface area contributed by atoms with Crippen molar-refractivity contribution in [2.75, 3.05) is 25.3 Å². The van der Waals surface area contributed by atoms with Gasteiger partial charge in [-0.2, -0.15) is 0 Å². The lowest BCUT2D eigenvalue weighted by atomic mass is 10.2. The number of aromatic nitrogens is 1. The fourth-order valence-corrected chi connectivity index (χ4v) is 6.39. The summed E-state index contributed by atoms with van der Waals surface area (Å²) < 4.78 is 33.1. The second kappa shape index (κ2) is 9.18. The molecule has 2 aromatic rings. The fraction of sp³-hybridized carbons (Fsp3) is 0.467. The number of thiazole rings is 1. The predicted molar refractivity (Wildman–Crippen MR) is 107 cm³/mol. The maximum absolute atomic E-state index is 12.4. The van der Waals surface area contributed by atoms with Gasteiger partial charge in [-0.1, -0.05) is 18.3 Å². The smallest absolute Gasteiger partial charge is 0.334 e. The van der Waals surface area contributed by atoms with Gasteiger partial charge in [-0.3, -0.25) is 5.32 Å². The SMILES string of the molecule is CCc1nc(NC(=O)NS(=O)(=O)c2cc(C)c(CCOC)s2)sc1SC. The Hall–Kier alpha value is -1.14. The first kappa shape index (κ1) is 21.2. The number of methoxy groups -OCH3 is 1. The first-order chi connectivity index (χ1) is 12.3. The third-order valence-corrected chi connectivity index (χ3v) is 8.69. The number of nitrogens with zero attached hydrogens (tertiary/aromatic N) is 1. The molecule has 0 bridgehead atoms. The second-order valence-corrected chi connectivity index (χ2v) is 10.4. The summed E-state index contributed by atoms with van der Waals surface area (Å²) in [5, 5.41) is 2.88. The zero-order valence-electron chi connectivity index (χ0n) is 14.9. The Bertz CT molecular complexity index is 852. The van der Waals surface area contributed by atoms with E-state index >= 15 is 0 Å². The topological polar surface area (TPSA) is 97.4 Å². The minimum Gasteiger partial charge on any atom is -0.384 e. The van der Waals surface area contributed by atoms with Crippen molar-refractivity contribution in [1.82, 2.24) is 9.71 Å². The maximum atomic E-state index is 12.4. The van der Waals surface area contributed by atoms with Crippen LogP contribution in [-0.2, 0) is 27.6 Å². The number of ether oxygens (including phenoxy) is 1. The molecule has 0 unspecified atom stereocenters. The van der Waals surface area contributed by atoms with Crippen molar-refractivity contribution in [3.63, 3.8) is 0 Å². The van der Waals surface area contributed by atoms with E-state index in [-0.39, 0.29) is 4.21 Å². The van der Waals surface area contributed by atoms with Crippen LogP contribution in [0.2, 0.25) is 0 Å². The van der Waals surface area contributed by atoms with E-state index in [9.17, 15) is 13.2 Å². The van der Waals surface area contributed by atoms with Crippen molar-refractivity contribution in [2.24, 2.45) is 0 Å². The highest BCUT2D eigenvalue weighted by Crippen LogP contribution is 2.31. The Morgan fingerprint density at radius 1 is 1.38 bits per heavy atom. The lowest BCUT2D eigenvalue weighted by Gasteiger charge is -2.05. The first-order valence-corrected chi connectivity index (χ1v) is 12.1. The molecular formula is C15H21N3O4S4. The zero-order chi connectivity index (χ0) is 19.3. The largest absolute Gasteiger partial charge is 0.384 e. The van der Waals surface area contributed by atoms with E-state index in [2.05, 4.69) is 10.3 Å². The summed E-state index contributed by atoms with van der Waals surface area (Å²) in [4.78, 5) is 17.3. The number of carbonyl (C=O) groups is 1. The molecule has 0 saturated carbocycles. The predicted octanol–water partition coefficient (Wildman–Crippen LogP) is 3.50. The van der Waals surface area contributed by atoms with E-state index < -0.39 is 16.1 Å². The van der Waals surface area contributed by atoms with Gasteiger partial charge in [-0.15, -0.1) is 23.1 Å². The van der Waals surface area contributed by atoms with E-state index in [1.165, 1.54) is 11.3 Å². The Balaban J connectivity index is 2.09. The lowest BCUT2D eigenvalue weighted by Crippen LogP contribution is -2.33. The first-order valence-electron chi connectivity index (χ1n) is 7.76. The maximum Gasteiger partial charge on any atom is 0.334 e. The average Bonchev–Trinajstić information content (AvgIpc) is 3.15. The molecule has 0 aliphatic carbocycles. The number of thioether (sulfide) groups is 1. The van der Waals surface area contributed by atoms with Crippen LogP contribution >= 0.6 is 34.4 Å². The normalized spacial score (nSPS) is 11.5. The number of hydrogen-bond acceptors (Lipinski definition) is 8. The lowest BCUT2D eigenvalue weighted by molar-refractivity contribution is 0.203. The highest BCUT2D eigenvalue weighted by Gasteiger charge is 2.22. The molecule has 7 nitrogen and oxygen atoms in total. The summed E-state index contributed by atoms with van der Waals surface area (Å²) in [5.74, 6) is 0. The average molecular weight is 436 g/mol. The van der Waals surface area contributed by atoms with Crippen molar-refractivity contribution in [2.45, 2.75) is 35.1 Å². The molecule has 0 aliphatic rings. The van der Waals surface area contributed by atoms with Gasteiger partial charge in [-0.25, -0.2) is 22.9 Å². The number of carbonyl (C=O) groups excluding carboxylic acids is 1. The van der Waals surface area contributed by atoms with Crippen LogP contribution in [0.15, 0.2) is 14.5 Å². The minimum absolute atomic E-state index is 0.106. The quantitative estimate of drug-likeness (QED) is 0.616. The number of anilines is 1. The molecule has 2 heterocycles. The van der Waals surface area contributed by atoms with E-state index in [0.29, 0.717) is 18.2 Å². The van der Waals surface area contributed by atoms with Crippen LogP contribution in [0, 0.1) is 6.92 Å². The van der Waals surface area contributed by atoms with Gasteiger partial charge in [0.2, 0.25) is 0 Å². The van der Waals surface area contributed by atoms with E-state index in [0.717, 1.165) is 38.1 Å². The van der Waals surface area contributed by atoms with Crippen molar-refractivity contribution >= 4 is 55.6 Å². The number of nitrogens with one attached hydrogen (secondary N) is 2. The molecule has 2 aromatic heterocycles. The molecule has 0 saturated heterocycles. The third kappa shape index (κ3) is 5.19.